The minimum absolute atomic E-state index is 1.36. The van der Waals surface area contributed by atoms with Gasteiger partial charge >= 0.3 is 143 Å². The molecule has 0 nitrogen and oxygen atoms in total. The molecule has 1 aromatic rings. The summed E-state index contributed by atoms with van der Waals surface area (Å²) in [5.41, 5.74) is 1.36. The normalized spacial score (nSPS) is 12.1. The first-order chi connectivity index (χ1) is 10.8. The van der Waals surface area contributed by atoms with Crippen LogP contribution in [-0.2, 0) is 0 Å². The van der Waals surface area contributed by atoms with Crippen LogP contribution in [0.1, 0.15) is 64.9 Å². The summed E-state index contributed by atoms with van der Waals surface area (Å²) in [4.78, 5) is 0. The Hall–Kier alpha value is -0.241. The van der Waals surface area contributed by atoms with E-state index in [1.54, 1.807) is 13.3 Å². The fraction of sp³-hybridized carbons (Fsp3) is 0.619. The maximum atomic E-state index is 2.53. The first-order valence-corrected chi connectivity index (χ1v) is 17.5. The molecule has 0 spiro atoms. The molecule has 124 valence electrons. The Morgan fingerprint density at radius 3 is 1.73 bits per heavy atom. The number of hydrogen-bond donors (Lipinski definition) is 0. The van der Waals surface area contributed by atoms with Gasteiger partial charge in [0.15, 0.2) is 0 Å². The van der Waals surface area contributed by atoms with Gasteiger partial charge < -0.3 is 0 Å². The van der Waals surface area contributed by atoms with Crippen molar-refractivity contribution in [1.82, 2.24) is 0 Å². The number of hydrogen-bond acceptors (Lipinski definition) is 0. The van der Waals surface area contributed by atoms with Gasteiger partial charge in [-0.15, -0.1) is 0 Å². The molecular formula is C21H36Sn. The molecular weight excluding hydrogens is 371 g/mol. The zero-order chi connectivity index (χ0) is 16.1. The van der Waals surface area contributed by atoms with E-state index in [0.717, 1.165) is 0 Å². The molecule has 0 atom stereocenters. The topological polar surface area (TPSA) is 0 Å². The quantitative estimate of drug-likeness (QED) is 0.314. The average Bonchev–Trinajstić information content (AvgIpc) is 2.57. The molecule has 0 aliphatic rings. The zero-order valence-corrected chi connectivity index (χ0v) is 18.0. The van der Waals surface area contributed by atoms with Crippen molar-refractivity contribution >= 4 is 24.5 Å². The molecule has 0 N–H and O–H groups in total. The first-order valence-electron chi connectivity index (χ1n) is 9.48. The molecule has 1 aromatic carbocycles. The summed E-state index contributed by atoms with van der Waals surface area (Å²) in [6, 6.07) is 10.8. The van der Waals surface area contributed by atoms with E-state index < -0.39 is 18.4 Å². The van der Waals surface area contributed by atoms with Gasteiger partial charge in [0.2, 0.25) is 0 Å². The second-order valence-electron chi connectivity index (χ2n) is 6.83. The zero-order valence-electron chi connectivity index (χ0n) is 15.1. The summed E-state index contributed by atoms with van der Waals surface area (Å²) < 4.78 is 6.31. The molecule has 0 radical (unpaired) electrons. The summed E-state index contributed by atoms with van der Waals surface area (Å²) >= 11 is -1.94. The molecule has 0 unspecified atom stereocenters. The number of benzene rings is 1. The van der Waals surface area contributed by atoms with Crippen LogP contribution in [-0.4, -0.2) is 18.4 Å². The van der Waals surface area contributed by atoms with Gasteiger partial charge in [0.25, 0.3) is 0 Å². The van der Waals surface area contributed by atoms with E-state index in [1.165, 1.54) is 48.5 Å². The van der Waals surface area contributed by atoms with E-state index in [2.05, 4.69) is 63.3 Å². The summed E-state index contributed by atoms with van der Waals surface area (Å²) in [6.45, 7) is 7.07. The Bertz CT molecular complexity index is 372. The van der Waals surface area contributed by atoms with Gasteiger partial charge in [-0.05, 0) is 0 Å². The number of unbranched alkanes of at least 4 members (excludes halogenated alkanes) is 3. The van der Waals surface area contributed by atoms with E-state index in [9.17, 15) is 0 Å². The van der Waals surface area contributed by atoms with Crippen LogP contribution in [0.3, 0.4) is 0 Å². The third kappa shape index (κ3) is 7.85. The van der Waals surface area contributed by atoms with Crippen molar-refractivity contribution < 1.29 is 0 Å². The standard InChI is InChI=1S/C9H9.3C4H9.Sn/c1-2-6-9-7-4-3-5-8-9;3*1-3-4-2;/h2-8H,1H2;3*1,3-4H2,2H3;/b6-2+;;;;. The Labute approximate surface area is 143 Å². The van der Waals surface area contributed by atoms with Crippen molar-refractivity contribution in [2.45, 2.75) is 77.0 Å². The van der Waals surface area contributed by atoms with Crippen LogP contribution in [0.5, 0.6) is 0 Å². The van der Waals surface area contributed by atoms with Gasteiger partial charge in [-0.25, -0.2) is 0 Å². The molecule has 1 rings (SSSR count). The fourth-order valence-corrected chi connectivity index (χ4v) is 18.4. The van der Waals surface area contributed by atoms with Gasteiger partial charge in [0.1, 0.15) is 0 Å². The van der Waals surface area contributed by atoms with Gasteiger partial charge in [-0.3, -0.25) is 0 Å². The van der Waals surface area contributed by atoms with Crippen molar-refractivity contribution in [2.24, 2.45) is 0 Å². The Kier molecular flexibility index (Phi) is 11.0. The van der Waals surface area contributed by atoms with Gasteiger partial charge in [0.05, 0.1) is 0 Å². The van der Waals surface area contributed by atoms with Crippen LogP contribution in [0.15, 0.2) is 36.4 Å². The maximum absolute atomic E-state index is 2.53. The van der Waals surface area contributed by atoms with Crippen molar-refractivity contribution in [1.29, 1.82) is 0 Å². The van der Waals surface area contributed by atoms with Crippen LogP contribution < -0.4 is 0 Å². The third-order valence-electron chi connectivity index (χ3n) is 4.84. The van der Waals surface area contributed by atoms with E-state index in [0.29, 0.717) is 0 Å². The molecule has 1 heteroatoms. The molecule has 0 bridgehead atoms. The Balaban J connectivity index is 2.73. The van der Waals surface area contributed by atoms with E-state index in [-0.39, 0.29) is 0 Å². The molecule has 0 saturated carbocycles. The van der Waals surface area contributed by atoms with Crippen LogP contribution in [0.25, 0.3) is 6.08 Å². The second-order valence-corrected chi connectivity index (χ2v) is 20.8. The van der Waals surface area contributed by atoms with E-state index in [4.69, 9.17) is 0 Å². The average molecular weight is 407 g/mol. The molecule has 0 fully saturated rings. The summed E-state index contributed by atoms with van der Waals surface area (Å²) in [5, 5.41) is 0. The fourth-order valence-electron chi connectivity index (χ4n) is 3.35. The summed E-state index contributed by atoms with van der Waals surface area (Å²) in [7, 11) is 0. The molecule has 0 amide bonds. The van der Waals surface area contributed by atoms with Crippen molar-refractivity contribution in [3.05, 3.63) is 42.0 Å². The van der Waals surface area contributed by atoms with Gasteiger partial charge in [0, 0.05) is 0 Å². The van der Waals surface area contributed by atoms with Gasteiger partial charge in [-0.1, -0.05) is 0 Å². The monoisotopic (exact) mass is 408 g/mol. The molecule has 22 heavy (non-hydrogen) atoms. The molecule has 0 aromatic heterocycles. The van der Waals surface area contributed by atoms with Crippen LogP contribution in [0.2, 0.25) is 17.7 Å². The van der Waals surface area contributed by atoms with Crippen LogP contribution >= 0.6 is 0 Å². The summed E-state index contributed by atoms with van der Waals surface area (Å²) in [5.74, 6) is 0. The van der Waals surface area contributed by atoms with E-state index >= 15 is 0 Å². The SMILES string of the molecule is CCC[CH2][Sn]([CH2]/C=C/c1ccccc1)([CH2]CCC)[CH2]CCC. The molecule has 0 aliphatic heterocycles. The predicted molar refractivity (Wildman–Crippen MR) is 105 cm³/mol. The van der Waals surface area contributed by atoms with Crippen LogP contribution in [0, 0.1) is 0 Å². The summed E-state index contributed by atoms with van der Waals surface area (Å²) in [6.07, 6.45) is 13.5. The van der Waals surface area contributed by atoms with Crippen molar-refractivity contribution in [2.75, 3.05) is 0 Å². The number of allylic oxidation sites excluding steroid dienone is 1. The first kappa shape index (κ1) is 19.8. The van der Waals surface area contributed by atoms with Crippen LogP contribution in [0.4, 0.5) is 0 Å². The van der Waals surface area contributed by atoms with Crippen molar-refractivity contribution in [3.63, 3.8) is 0 Å². The molecule has 0 saturated heterocycles. The third-order valence-corrected chi connectivity index (χ3v) is 20.1. The number of rotatable bonds is 12. The van der Waals surface area contributed by atoms with Gasteiger partial charge in [-0.2, -0.15) is 0 Å². The Morgan fingerprint density at radius 1 is 0.773 bits per heavy atom. The van der Waals surface area contributed by atoms with E-state index in [1.807, 2.05) is 0 Å². The second kappa shape index (κ2) is 12.2. The minimum atomic E-state index is -1.94. The predicted octanol–water partition coefficient (Wildman–Crippen LogP) is 7.55. The molecule has 0 aliphatic carbocycles. The molecule has 0 heterocycles. The Morgan fingerprint density at radius 2 is 1.27 bits per heavy atom. The van der Waals surface area contributed by atoms with Crippen molar-refractivity contribution in [3.8, 4) is 0 Å².